The van der Waals surface area contributed by atoms with Gasteiger partial charge in [0.25, 0.3) is 5.91 Å². The molecule has 0 saturated carbocycles. The maximum absolute atomic E-state index is 12.9. The van der Waals surface area contributed by atoms with Crippen molar-refractivity contribution in [2.24, 2.45) is 0 Å². The lowest BCUT2D eigenvalue weighted by atomic mass is 9.88. The van der Waals surface area contributed by atoms with Crippen LogP contribution >= 0.6 is 0 Å². The summed E-state index contributed by atoms with van der Waals surface area (Å²) in [6.45, 7) is -0.270. The molecule has 4 amide bonds. The average Bonchev–Trinajstić information content (AvgIpc) is 3.30. The quantitative estimate of drug-likeness (QED) is 0.558. The molecular weight excluding hydrogens is 392 g/mol. The van der Waals surface area contributed by atoms with Crippen molar-refractivity contribution >= 4 is 28.7 Å². The summed E-state index contributed by atoms with van der Waals surface area (Å²) in [5.74, 6) is -0.688. The van der Waals surface area contributed by atoms with E-state index in [1.807, 2.05) is 48.7 Å². The summed E-state index contributed by atoms with van der Waals surface area (Å²) in [6, 6.07) is 14.6. The predicted octanol–water partition coefficient (Wildman–Crippen LogP) is 2.82. The summed E-state index contributed by atoms with van der Waals surface area (Å²) < 4.78 is 0. The first-order valence-corrected chi connectivity index (χ1v) is 10.6. The van der Waals surface area contributed by atoms with Crippen LogP contribution in [-0.2, 0) is 22.4 Å². The van der Waals surface area contributed by atoms with Crippen LogP contribution in [-0.4, -0.2) is 40.3 Å². The molecule has 31 heavy (non-hydrogen) atoms. The van der Waals surface area contributed by atoms with E-state index >= 15 is 0 Å². The van der Waals surface area contributed by atoms with Gasteiger partial charge in [0.15, 0.2) is 0 Å². The molecule has 7 nitrogen and oxygen atoms in total. The number of aromatic nitrogens is 1. The number of nitrogens with one attached hydrogen (secondary N) is 3. The van der Waals surface area contributed by atoms with Crippen LogP contribution in [0.5, 0.6) is 0 Å². The van der Waals surface area contributed by atoms with Gasteiger partial charge < -0.3 is 15.6 Å². The molecule has 158 valence electrons. The van der Waals surface area contributed by atoms with E-state index in [9.17, 15) is 14.4 Å². The first-order valence-electron chi connectivity index (χ1n) is 10.6. The number of benzene rings is 2. The molecule has 1 saturated heterocycles. The van der Waals surface area contributed by atoms with Crippen LogP contribution in [0.1, 0.15) is 35.6 Å². The number of imide groups is 1. The first kappa shape index (κ1) is 19.4. The first-order chi connectivity index (χ1) is 15.1. The summed E-state index contributed by atoms with van der Waals surface area (Å²) in [5.41, 5.74) is 4.31. The van der Waals surface area contributed by atoms with Gasteiger partial charge in [-0.3, -0.25) is 14.5 Å². The third-order valence-electron chi connectivity index (χ3n) is 6.21. The number of para-hydroxylation sites is 1. The van der Waals surface area contributed by atoms with Crippen LogP contribution in [0, 0.1) is 0 Å². The average molecular weight is 416 g/mol. The Morgan fingerprint density at radius 3 is 2.81 bits per heavy atom. The fraction of sp³-hybridized carbons (Fsp3) is 0.292. The van der Waals surface area contributed by atoms with Gasteiger partial charge in [0.1, 0.15) is 12.6 Å². The van der Waals surface area contributed by atoms with Crippen molar-refractivity contribution < 1.29 is 14.4 Å². The summed E-state index contributed by atoms with van der Waals surface area (Å²) in [7, 11) is 0. The number of rotatable bonds is 5. The minimum atomic E-state index is -0.671. The Balaban J connectivity index is 1.24. The van der Waals surface area contributed by atoms with Gasteiger partial charge >= 0.3 is 6.03 Å². The van der Waals surface area contributed by atoms with E-state index in [4.69, 9.17) is 0 Å². The zero-order valence-electron chi connectivity index (χ0n) is 17.1. The second-order valence-electron chi connectivity index (χ2n) is 8.20. The zero-order valence-corrected chi connectivity index (χ0v) is 17.1. The third-order valence-corrected chi connectivity index (χ3v) is 6.21. The van der Waals surface area contributed by atoms with Crippen LogP contribution in [0.4, 0.5) is 4.79 Å². The van der Waals surface area contributed by atoms with Crippen molar-refractivity contribution in [2.75, 3.05) is 6.54 Å². The van der Waals surface area contributed by atoms with Crippen LogP contribution in [0.3, 0.4) is 0 Å². The standard InChI is InChI=1S/C24H24N4O3/c29-22(26-20-11-5-7-15-6-1-2-8-17(15)20)14-28-23(30)21(27-24(28)31)12-16-13-25-19-10-4-3-9-18(16)19/h1-4,6,8-10,13,20-21,25H,5,7,11-12,14H2,(H,26,29)(H,27,31)/t20-,21+/m1/s1. The molecule has 0 unspecified atom stereocenters. The highest BCUT2D eigenvalue weighted by Crippen LogP contribution is 2.29. The molecule has 2 atom stereocenters. The SMILES string of the molecule is O=C(CN1C(=O)N[C@@H](Cc2c[nH]c3ccccc23)C1=O)N[C@@H]1CCCc2ccccc21. The Kier molecular flexibility index (Phi) is 4.94. The number of nitrogens with zero attached hydrogens (tertiary/aromatic N) is 1. The van der Waals surface area contributed by atoms with E-state index in [0.29, 0.717) is 6.42 Å². The molecular formula is C24H24N4O3. The summed E-state index contributed by atoms with van der Waals surface area (Å²) >= 11 is 0. The predicted molar refractivity (Wildman–Crippen MR) is 116 cm³/mol. The Morgan fingerprint density at radius 1 is 1.10 bits per heavy atom. The van der Waals surface area contributed by atoms with Gasteiger partial charge in [-0.05, 0) is 42.0 Å². The smallest absolute Gasteiger partial charge is 0.325 e. The maximum atomic E-state index is 12.9. The van der Waals surface area contributed by atoms with Gasteiger partial charge in [0, 0.05) is 23.5 Å². The number of carbonyl (C=O) groups is 3. The lowest BCUT2D eigenvalue weighted by Crippen LogP contribution is -2.42. The fourth-order valence-corrected chi connectivity index (χ4v) is 4.67. The molecule has 0 spiro atoms. The molecule has 2 heterocycles. The van der Waals surface area contributed by atoms with E-state index in [1.165, 1.54) is 5.56 Å². The summed E-state index contributed by atoms with van der Waals surface area (Å²) in [6.07, 6.45) is 5.09. The topological polar surface area (TPSA) is 94.3 Å². The van der Waals surface area contributed by atoms with Gasteiger partial charge in [-0.25, -0.2) is 4.79 Å². The highest BCUT2D eigenvalue weighted by molar-refractivity contribution is 6.06. The van der Waals surface area contributed by atoms with Crippen molar-refractivity contribution in [3.63, 3.8) is 0 Å². The largest absolute Gasteiger partial charge is 0.361 e. The Morgan fingerprint density at radius 2 is 1.90 bits per heavy atom. The molecule has 2 aliphatic rings. The number of amides is 4. The number of urea groups is 1. The number of H-pyrrole nitrogens is 1. The second kappa shape index (κ2) is 7.91. The highest BCUT2D eigenvalue weighted by Gasteiger charge is 2.39. The number of hydrogen-bond donors (Lipinski definition) is 3. The van der Waals surface area contributed by atoms with E-state index < -0.39 is 12.1 Å². The van der Waals surface area contributed by atoms with Gasteiger partial charge in [-0.1, -0.05) is 42.5 Å². The third kappa shape index (κ3) is 3.67. The maximum Gasteiger partial charge on any atom is 0.325 e. The number of fused-ring (bicyclic) bond motifs is 2. The van der Waals surface area contributed by atoms with Crippen molar-refractivity contribution in [1.82, 2.24) is 20.5 Å². The van der Waals surface area contributed by atoms with Gasteiger partial charge in [0.05, 0.1) is 6.04 Å². The van der Waals surface area contributed by atoms with Crippen LogP contribution in [0.15, 0.2) is 54.7 Å². The van der Waals surface area contributed by atoms with Crippen LogP contribution < -0.4 is 10.6 Å². The summed E-state index contributed by atoms with van der Waals surface area (Å²) in [4.78, 5) is 42.2. The van der Waals surface area contributed by atoms with E-state index in [1.54, 1.807) is 0 Å². The molecule has 3 N–H and O–H groups in total. The molecule has 1 aliphatic carbocycles. The van der Waals surface area contributed by atoms with Crippen molar-refractivity contribution in [3.8, 4) is 0 Å². The van der Waals surface area contributed by atoms with E-state index in [2.05, 4.69) is 21.7 Å². The van der Waals surface area contributed by atoms with Crippen LogP contribution in [0.25, 0.3) is 10.9 Å². The van der Waals surface area contributed by atoms with Gasteiger partial charge in [-0.15, -0.1) is 0 Å². The van der Waals surface area contributed by atoms with Crippen molar-refractivity contribution in [2.45, 2.75) is 37.8 Å². The molecule has 1 aromatic heterocycles. The number of aryl methyl sites for hydroxylation is 1. The summed E-state index contributed by atoms with van der Waals surface area (Å²) in [5, 5.41) is 6.76. The Bertz CT molecular complexity index is 1170. The molecule has 5 rings (SSSR count). The minimum Gasteiger partial charge on any atom is -0.361 e. The zero-order chi connectivity index (χ0) is 21.4. The normalized spacial score (nSPS) is 20.6. The number of aromatic amines is 1. The highest BCUT2D eigenvalue weighted by atomic mass is 16.2. The number of carbonyl (C=O) groups excluding carboxylic acids is 3. The second-order valence-corrected chi connectivity index (χ2v) is 8.20. The van der Waals surface area contributed by atoms with Crippen molar-refractivity contribution in [3.05, 3.63) is 71.4 Å². The molecule has 3 aromatic rings. The van der Waals surface area contributed by atoms with Crippen LogP contribution in [0.2, 0.25) is 0 Å². The molecule has 0 radical (unpaired) electrons. The van der Waals surface area contributed by atoms with Gasteiger partial charge in [0.2, 0.25) is 5.91 Å². The lowest BCUT2D eigenvalue weighted by Gasteiger charge is -2.27. The Hall–Kier alpha value is -3.61. The monoisotopic (exact) mass is 416 g/mol. The molecule has 1 aliphatic heterocycles. The molecule has 2 aromatic carbocycles. The van der Waals surface area contributed by atoms with E-state index in [0.717, 1.165) is 46.2 Å². The van der Waals surface area contributed by atoms with Gasteiger partial charge in [-0.2, -0.15) is 0 Å². The van der Waals surface area contributed by atoms with E-state index in [-0.39, 0.29) is 24.4 Å². The number of hydrogen-bond acceptors (Lipinski definition) is 3. The molecule has 1 fully saturated rings. The molecule has 0 bridgehead atoms. The van der Waals surface area contributed by atoms with Crippen molar-refractivity contribution in [1.29, 1.82) is 0 Å². The fourth-order valence-electron chi connectivity index (χ4n) is 4.67. The lowest BCUT2D eigenvalue weighted by molar-refractivity contribution is -0.132. The minimum absolute atomic E-state index is 0.0831. The molecule has 7 heteroatoms. The Labute approximate surface area is 179 Å².